The molecule has 0 aliphatic rings. The predicted molar refractivity (Wildman–Crippen MR) is 120 cm³/mol. The average molecular weight is 454 g/mol. The molecule has 3 amide bonds. The molecule has 10 nitrogen and oxygen atoms in total. The molecule has 12 heteroatoms. The van der Waals surface area contributed by atoms with Crippen LogP contribution >= 0.6 is 22.7 Å². The molecule has 0 saturated heterocycles. The number of hydrogen-bond acceptors (Lipinski definition) is 8. The molecule has 4 rings (SSSR count). The largest absolute Gasteiger partial charge is 0.325 e. The van der Waals surface area contributed by atoms with Gasteiger partial charge in [0.05, 0.1) is 15.1 Å². The predicted octanol–water partition coefficient (Wildman–Crippen LogP) is 4.87. The fourth-order valence-electron chi connectivity index (χ4n) is 2.57. The van der Waals surface area contributed by atoms with Gasteiger partial charge in [-0.2, -0.15) is 0 Å². The number of nitrogens with one attached hydrogen (secondary N) is 3. The minimum atomic E-state index is -0.503. The van der Waals surface area contributed by atoms with Gasteiger partial charge >= 0.3 is 6.03 Å². The van der Waals surface area contributed by atoms with E-state index < -0.39 is 16.9 Å². The van der Waals surface area contributed by atoms with Crippen LogP contribution in [0.2, 0.25) is 0 Å². The van der Waals surface area contributed by atoms with Gasteiger partial charge in [0.1, 0.15) is 5.69 Å². The Balaban J connectivity index is 1.39. The fourth-order valence-corrected chi connectivity index (χ4v) is 4.15. The second-order valence-electron chi connectivity index (χ2n) is 6.37. The summed E-state index contributed by atoms with van der Waals surface area (Å²) in [6.07, 6.45) is 0. The first kappa shape index (κ1) is 20.4. The van der Waals surface area contributed by atoms with E-state index in [1.54, 1.807) is 12.1 Å². The lowest BCUT2D eigenvalue weighted by atomic mass is 10.2. The molecule has 0 saturated carbocycles. The molecule has 0 aliphatic carbocycles. The zero-order valence-corrected chi connectivity index (χ0v) is 17.5. The highest BCUT2D eigenvalue weighted by atomic mass is 32.1. The lowest BCUT2D eigenvalue weighted by molar-refractivity contribution is -0.384. The van der Waals surface area contributed by atoms with E-state index in [4.69, 9.17) is 0 Å². The molecule has 156 valence electrons. The van der Waals surface area contributed by atoms with E-state index >= 15 is 0 Å². The highest BCUT2D eigenvalue weighted by molar-refractivity contribution is 7.22. The maximum Gasteiger partial charge on any atom is 0.325 e. The standard InChI is InChI=1S/C19H14N6O4S2/c1-10-2-4-11(5-3-10)20-17(27)24-18-22-14(9-30-18)16(26)23-19-21-13-7-6-12(25(28)29)8-15(13)31-19/h2-9H,1H3,(H,21,23,26)(H2,20,22,24,27). The number of benzene rings is 2. The zero-order valence-electron chi connectivity index (χ0n) is 15.9. The van der Waals surface area contributed by atoms with Crippen molar-refractivity contribution >= 4 is 66.5 Å². The number of anilines is 3. The number of nitro benzene ring substituents is 1. The van der Waals surface area contributed by atoms with Crippen molar-refractivity contribution in [3.05, 3.63) is 69.2 Å². The Hall–Kier alpha value is -3.90. The van der Waals surface area contributed by atoms with Gasteiger partial charge in [-0.3, -0.25) is 25.5 Å². The normalized spacial score (nSPS) is 10.6. The van der Waals surface area contributed by atoms with Crippen molar-refractivity contribution in [2.24, 2.45) is 0 Å². The summed E-state index contributed by atoms with van der Waals surface area (Å²) < 4.78 is 0.581. The molecule has 0 atom stereocenters. The maximum absolute atomic E-state index is 12.5. The Labute approximate surface area is 183 Å². The third-order valence-corrected chi connectivity index (χ3v) is 5.76. The number of nitro groups is 1. The lowest BCUT2D eigenvalue weighted by Gasteiger charge is -2.05. The third-order valence-electron chi connectivity index (χ3n) is 4.07. The van der Waals surface area contributed by atoms with E-state index in [-0.39, 0.29) is 16.5 Å². The van der Waals surface area contributed by atoms with E-state index in [0.717, 1.165) is 28.2 Å². The van der Waals surface area contributed by atoms with Gasteiger partial charge in [-0.1, -0.05) is 29.0 Å². The van der Waals surface area contributed by atoms with Crippen LogP contribution in [-0.4, -0.2) is 26.8 Å². The fraction of sp³-hybridized carbons (Fsp3) is 0.0526. The molecular formula is C19H14N6O4S2. The van der Waals surface area contributed by atoms with Crippen LogP contribution in [-0.2, 0) is 0 Å². The number of nitrogens with zero attached hydrogens (tertiary/aromatic N) is 3. The molecule has 0 unspecified atom stereocenters. The van der Waals surface area contributed by atoms with Crippen LogP contribution in [0.15, 0.2) is 47.8 Å². The monoisotopic (exact) mass is 454 g/mol. The minimum Gasteiger partial charge on any atom is -0.308 e. The Morgan fingerprint density at radius 2 is 1.77 bits per heavy atom. The highest BCUT2D eigenvalue weighted by Gasteiger charge is 2.16. The molecule has 2 heterocycles. The number of carbonyl (C=O) groups is 2. The van der Waals surface area contributed by atoms with Crippen molar-refractivity contribution in [2.75, 3.05) is 16.0 Å². The Bertz CT molecular complexity index is 1300. The number of aryl methyl sites for hydroxylation is 1. The summed E-state index contributed by atoms with van der Waals surface area (Å²) in [5.74, 6) is -0.503. The summed E-state index contributed by atoms with van der Waals surface area (Å²) in [6.45, 7) is 1.95. The Morgan fingerprint density at radius 1 is 1.00 bits per heavy atom. The second kappa shape index (κ2) is 8.45. The van der Waals surface area contributed by atoms with Crippen molar-refractivity contribution in [3.63, 3.8) is 0 Å². The number of carbonyl (C=O) groups excluding carboxylic acids is 2. The maximum atomic E-state index is 12.5. The zero-order chi connectivity index (χ0) is 22.0. The number of hydrogen-bond donors (Lipinski definition) is 3. The number of amides is 3. The van der Waals surface area contributed by atoms with E-state index in [1.165, 1.54) is 23.6 Å². The molecule has 4 aromatic rings. The van der Waals surface area contributed by atoms with Crippen LogP contribution in [0, 0.1) is 17.0 Å². The van der Waals surface area contributed by atoms with Gasteiger partial charge in [-0.25, -0.2) is 14.8 Å². The SMILES string of the molecule is Cc1ccc(NC(=O)Nc2nc(C(=O)Nc3nc4ccc([N+](=O)[O-])cc4s3)cs2)cc1. The van der Waals surface area contributed by atoms with E-state index in [0.29, 0.717) is 21.0 Å². The Morgan fingerprint density at radius 3 is 2.52 bits per heavy atom. The van der Waals surface area contributed by atoms with E-state index in [1.807, 2.05) is 19.1 Å². The second-order valence-corrected chi connectivity index (χ2v) is 8.25. The van der Waals surface area contributed by atoms with Crippen LogP contribution in [0.4, 0.5) is 26.4 Å². The van der Waals surface area contributed by atoms with E-state index in [2.05, 4.69) is 25.9 Å². The number of thiazole rings is 2. The molecular weight excluding hydrogens is 440 g/mol. The van der Waals surface area contributed by atoms with Gasteiger partial charge in [0.15, 0.2) is 10.3 Å². The van der Waals surface area contributed by atoms with Crippen LogP contribution in [0.25, 0.3) is 10.2 Å². The lowest BCUT2D eigenvalue weighted by Crippen LogP contribution is -2.19. The smallest absolute Gasteiger partial charge is 0.308 e. The minimum absolute atomic E-state index is 0.0480. The Kier molecular flexibility index (Phi) is 5.56. The van der Waals surface area contributed by atoms with Gasteiger partial charge in [-0.15, -0.1) is 11.3 Å². The molecule has 3 N–H and O–H groups in total. The van der Waals surface area contributed by atoms with Crippen LogP contribution in [0.5, 0.6) is 0 Å². The summed E-state index contributed by atoms with van der Waals surface area (Å²) in [5.41, 5.74) is 2.31. The molecule has 0 spiro atoms. The van der Waals surface area contributed by atoms with Crippen molar-refractivity contribution in [2.45, 2.75) is 6.92 Å². The molecule has 0 aliphatic heterocycles. The first-order chi connectivity index (χ1) is 14.9. The summed E-state index contributed by atoms with van der Waals surface area (Å²) in [4.78, 5) is 43.3. The molecule has 0 bridgehead atoms. The molecule has 0 radical (unpaired) electrons. The van der Waals surface area contributed by atoms with Gasteiger partial charge in [0, 0.05) is 23.2 Å². The molecule has 2 aromatic heterocycles. The average Bonchev–Trinajstić information content (AvgIpc) is 3.35. The highest BCUT2D eigenvalue weighted by Crippen LogP contribution is 2.29. The number of aromatic nitrogens is 2. The molecule has 2 aromatic carbocycles. The number of urea groups is 1. The van der Waals surface area contributed by atoms with Crippen LogP contribution in [0.3, 0.4) is 0 Å². The summed E-state index contributed by atoms with van der Waals surface area (Å²) in [7, 11) is 0. The summed E-state index contributed by atoms with van der Waals surface area (Å²) in [5, 5.41) is 20.8. The van der Waals surface area contributed by atoms with E-state index in [9.17, 15) is 19.7 Å². The van der Waals surface area contributed by atoms with Gasteiger partial charge in [-0.05, 0) is 25.1 Å². The van der Waals surface area contributed by atoms with Gasteiger partial charge < -0.3 is 5.32 Å². The van der Waals surface area contributed by atoms with Crippen LogP contribution in [0.1, 0.15) is 16.1 Å². The first-order valence-corrected chi connectivity index (χ1v) is 10.5. The number of non-ortho nitro benzene ring substituents is 1. The first-order valence-electron chi connectivity index (χ1n) is 8.84. The number of fused-ring (bicyclic) bond motifs is 1. The van der Waals surface area contributed by atoms with Crippen molar-refractivity contribution < 1.29 is 14.5 Å². The van der Waals surface area contributed by atoms with Crippen molar-refractivity contribution in [3.8, 4) is 0 Å². The third kappa shape index (κ3) is 4.82. The topological polar surface area (TPSA) is 139 Å². The van der Waals surface area contributed by atoms with Gasteiger partial charge in [0.25, 0.3) is 11.6 Å². The van der Waals surface area contributed by atoms with Crippen molar-refractivity contribution in [1.29, 1.82) is 0 Å². The van der Waals surface area contributed by atoms with Crippen molar-refractivity contribution in [1.82, 2.24) is 9.97 Å². The van der Waals surface area contributed by atoms with Gasteiger partial charge in [0.2, 0.25) is 0 Å². The number of rotatable bonds is 5. The summed E-state index contributed by atoms with van der Waals surface area (Å²) in [6, 6.07) is 11.1. The summed E-state index contributed by atoms with van der Waals surface area (Å²) >= 11 is 2.22. The quantitative estimate of drug-likeness (QED) is 0.290. The molecule has 31 heavy (non-hydrogen) atoms. The molecule has 0 fully saturated rings. The van der Waals surface area contributed by atoms with Crippen LogP contribution < -0.4 is 16.0 Å².